The Hall–Kier alpha value is -3.75. The predicted molar refractivity (Wildman–Crippen MR) is 145 cm³/mol. The van der Waals surface area contributed by atoms with Crippen LogP contribution in [0.1, 0.15) is 27.3 Å². The molecule has 0 saturated heterocycles. The number of benzene rings is 3. The highest BCUT2D eigenvalue weighted by Gasteiger charge is 2.35. The van der Waals surface area contributed by atoms with E-state index >= 15 is 0 Å². The van der Waals surface area contributed by atoms with E-state index in [2.05, 4.69) is 20.8 Å². The van der Waals surface area contributed by atoms with Gasteiger partial charge >= 0.3 is 12.4 Å². The van der Waals surface area contributed by atoms with E-state index in [-0.39, 0.29) is 27.6 Å². The molecule has 16 heteroatoms. The molecule has 0 fully saturated rings. The summed E-state index contributed by atoms with van der Waals surface area (Å²) in [5.41, 5.74) is -2.84. The Balaban J connectivity index is 1.57. The van der Waals surface area contributed by atoms with Gasteiger partial charge < -0.3 is 10.6 Å². The summed E-state index contributed by atoms with van der Waals surface area (Å²) in [5, 5.41) is 13.0. The highest BCUT2D eigenvalue weighted by Crippen LogP contribution is 2.35. The molecule has 1 aromatic heterocycles. The van der Waals surface area contributed by atoms with E-state index in [9.17, 15) is 35.9 Å². The van der Waals surface area contributed by atoms with Gasteiger partial charge in [-0.05, 0) is 42.5 Å². The molecule has 1 heterocycles. The molecular weight excluding hydrogens is 631 g/mol. The molecular formula is C26H17Cl2F6N5O2S. The fourth-order valence-electron chi connectivity index (χ4n) is 3.73. The summed E-state index contributed by atoms with van der Waals surface area (Å²) < 4.78 is 81.4. The van der Waals surface area contributed by atoms with Crippen LogP contribution in [0.3, 0.4) is 0 Å². The lowest BCUT2D eigenvalue weighted by Crippen LogP contribution is -2.27. The molecule has 42 heavy (non-hydrogen) atoms. The van der Waals surface area contributed by atoms with Crippen LogP contribution in [0, 0.1) is 0 Å². The molecule has 0 aliphatic rings. The van der Waals surface area contributed by atoms with Crippen LogP contribution in [-0.2, 0) is 23.7 Å². The number of amides is 2. The molecule has 0 aliphatic carbocycles. The first-order valence-electron chi connectivity index (χ1n) is 11.7. The normalized spacial score (nSPS) is 11.8. The van der Waals surface area contributed by atoms with E-state index in [1.807, 2.05) is 0 Å². The molecule has 220 valence electrons. The van der Waals surface area contributed by atoms with Crippen molar-refractivity contribution in [3.63, 3.8) is 0 Å². The molecule has 3 aromatic carbocycles. The Morgan fingerprint density at radius 3 is 2.14 bits per heavy atom. The standard InChI is InChI=1S/C26H17Cl2F6N5O2S/c27-18-10-9-14(11-19(18)28)39-21(12-35-23(41)15-5-1-2-6-16(15)25(29,30)31)37-38-24(39)42-13-22(40)36-20-8-4-3-7-17(20)26(32,33)34/h1-11H,12-13H2,(H,35,41)(H,36,40). The predicted octanol–water partition coefficient (Wildman–Crippen LogP) is 7.27. The minimum Gasteiger partial charge on any atom is -0.345 e. The minimum absolute atomic E-state index is 0.0524. The van der Waals surface area contributed by atoms with E-state index in [1.165, 1.54) is 41.0 Å². The number of para-hydroxylation sites is 1. The molecule has 4 aromatic rings. The Labute approximate surface area is 248 Å². The quantitative estimate of drug-likeness (QED) is 0.155. The summed E-state index contributed by atoms with van der Waals surface area (Å²) >= 11 is 13.0. The monoisotopic (exact) mass is 647 g/mol. The van der Waals surface area contributed by atoms with Gasteiger partial charge in [0.05, 0.1) is 50.4 Å². The zero-order chi connectivity index (χ0) is 30.7. The van der Waals surface area contributed by atoms with Crippen LogP contribution in [0.25, 0.3) is 5.69 Å². The largest absolute Gasteiger partial charge is 0.418 e. The lowest BCUT2D eigenvalue weighted by atomic mass is 10.1. The van der Waals surface area contributed by atoms with Crippen molar-refractivity contribution in [2.75, 3.05) is 11.1 Å². The third kappa shape index (κ3) is 7.36. The van der Waals surface area contributed by atoms with Crippen LogP contribution in [0.4, 0.5) is 32.0 Å². The number of nitrogens with one attached hydrogen (secondary N) is 2. The van der Waals surface area contributed by atoms with Crippen molar-refractivity contribution < 1.29 is 35.9 Å². The Morgan fingerprint density at radius 2 is 1.48 bits per heavy atom. The second-order valence-electron chi connectivity index (χ2n) is 8.44. The first-order valence-corrected chi connectivity index (χ1v) is 13.4. The fourth-order valence-corrected chi connectivity index (χ4v) is 4.79. The van der Waals surface area contributed by atoms with Gasteiger partial charge in [-0.25, -0.2) is 0 Å². The number of carbonyl (C=O) groups excluding carboxylic acids is 2. The third-order valence-corrected chi connectivity index (χ3v) is 7.25. The highest BCUT2D eigenvalue weighted by atomic mass is 35.5. The average Bonchev–Trinajstić information content (AvgIpc) is 3.34. The summed E-state index contributed by atoms with van der Waals surface area (Å²) in [5.74, 6) is -2.14. The van der Waals surface area contributed by atoms with Crippen molar-refractivity contribution in [3.05, 3.63) is 99.3 Å². The van der Waals surface area contributed by atoms with Gasteiger partial charge in [0, 0.05) is 0 Å². The van der Waals surface area contributed by atoms with Crippen LogP contribution in [0.15, 0.2) is 71.9 Å². The molecule has 7 nitrogen and oxygen atoms in total. The molecule has 0 bridgehead atoms. The van der Waals surface area contributed by atoms with Gasteiger partial charge in [0.15, 0.2) is 11.0 Å². The number of rotatable bonds is 8. The lowest BCUT2D eigenvalue weighted by Gasteiger charge is -2.14. The Morgan fingerprint density at radius 1 is 0.833 bits per heavy atom. The van der Waals surface area contributed by atoms with E-state index < -0.39 is 52.3 Å². The summed E-state index contributed by atoms with van der Waals surface area (Å²) in [6, 6.07) is 13.1. The second-order valence-corrected chi connectivity index (χ2v) is 10.2. The van der Waals surface area contributed by atoms with Crippen molar-refractivity contribution >= 4 is 52.5 Å². The number of alkyl halides is 6. The smallest absolute Gasteiger partial charge is 0.345 e. The molecule has 2 N–H and O–H groups in total. The van der Waals surface area contributed by atoms with Gasteiger partial charge in [-0.15, -0.1) is 10.2 Å². The van der Waals surface area contributed by atoms with Crippen LogP contribution < -0.4 is 10.6 Å². The molecule has 2 amide bonds. The minimum atomic E-state index is -4.76. The van der Waals surface area contributed by atoms with Gasteiger partial charge in [-0.2, -0.15) is 26.3 Å². The summed E-state index contributed by atoms with van der Waals surface area (Å²) in [6.07, 6.45) is -9.45. The van der Waals surface area contributed by atoms with Gasteiger partial charge in [0.2, 0.25) is 5.91 Å². The number of hydrogen-bond donors (Lipinski definition) is 2. The van der Waals surface area contributed by atoms with Crippen LogP contribution in [0.5, 0.6) is 0 Å². The van der Waals surface area contributed by atoms with E-state index in [4.69, 9.17) is 23.2 Å². The van der Waals surface area contributed by atoms with Crippen molar-refractivity contribution in [2.24, 2.45) is 0 Å². The Bertz CT molecular complexity index is 1630. The number of halogens is 8. The van der Waals surface area contributed by atoms with Gasteiger partial charge in [0.25, 0.3) is 5.91 Å². The lowest BCUT2D eigenvalue weighted by molar-refractivity contribution is -0.138. The first-order chi connectivity index (χ1) is 19.8. The van der Waals surface area contributed by atoms with Gasteiger partial charge in [-0.3, -0.25) is 14.2 Å². The highest BCUT2D eigenvalue weighted by molar-refractivity contribution is 7.99. The number of aromatic nitrogens is 3. The molecule has 0 saturated carbocycles. The zero-order valence-electron chi connectivity index (χ0n) is 20.9. The van der Waals surface area contributed by atoms with Crippen LogP contribution >= 0.6 is 35.0 Å². The molecule has 0 spiro atoms. The van der Waals surface area contributed by atoms with Crippen molar-refractivity contribution in [1.82, 2.24) is 20.1 Å². The zero-order valence-corrected chi connectivity index (χ0v) is 23.2. The SMILES string of the molecule is O=C(CSc1nnc(CNC(=O)c2ccccc2C(F)(F)F)n1-c1ccc(Cl)c(Cl)c1)Nc1ccccc1C(F)(F)F. The maximum absolute atomic E-state index is 13.4. The summed E-state index contributed by atoms with van der Waals surface area (Å²) in [7, 11) is 0. The number of thioether (sulfide) groups is 1. The number of hydrogen-bond acceptors (Lipinski definition) is 5. The van der Waals surface area contributed by atoms with Crippen LogP contribution in [-0.4, -0.2) is 32.3 Å². The summed E-state index contributed by atoms with van der Waals surface area (Å²) in [4.78, 5) is 25.2. The van der Waals surface area contributed by atoms with Crippen molar-refractivity contribution in [1.29, 1.82) is 0 Å². The maximum atomic E-state index is 13.4. The van der Waals surface area contributed by atoms with Crippen molar-refractivity contribution in [3.8, 4) is 5.69 Å². The maximum Gasteiger partial charge on any atom is 0.418 e. The molecule has 0 unspecified atom stereocenters. The van der Waals surface area contributed by atoms with E-state index in [0.717, 1.165) is 42.1 Å². The van der Waals surface area contributed by atoms with Gasteiger partial charge in [-0.1, -0.05) is 59.2 Å². The molecule has 0 radical (unpaired) electrons. The molecule has 0 aliphatic heterocycles. The fraction of sp³-hybridized carbons (Fsp3) is 0.154. The summed E-state index contributed by atoms with van der Waals surface area (Å²) in [6.45, 7) is -0.385. The molecule has 0 atom stereocenters. The Kier molecular flexibility index (Phi) is 9.38. The number of nitrogens with zero attached hydrogens (tertiary/aromatic N) is 3. The second kappa shape index (κ2) is 12.6. The third-order valence-electron chi connectivity index (χ3n) is 5.58. The van der Waals surface area contributed by atoms with E-state index in [0.29, 0.717) is 5.69 Å². The first kappa shape index (κ1) is 31.2. The average molecular weight is 648 g/mol. The van der Waals surface area contributed by atoms with E-state index in [1.54, 1.807) is 0 Å². The molecule has 4 rings (SSSR count). The number of carbonyl (C=O) groups is 2. The topological polar surface area (TPSA) is 88.9 Å². The van der Waals surface area contributed by atoms with Crippen LogP contribution in [0.2, 0.25) is 10.0 Å². The van der Waals surface area contributed by atoms with Crippen molar-refractivity contribution in [2.45, 2.75) is 24.1 Å². The van der Waals surface area contributed by atoms with Gasteiger partial charge in [0.1, 0.15) is 0 Å². The number of anilines is 1.